The van der Waals surface area contributed by atoms with Gasteiger partial charge in [-0.15, -0.1) is 0 Å². The number of benzene rings is 1. The molecule has 3 heterocycles. The third kappa shape index (κ3) is 3.61. The molecule has 1 amide bonds. The molecule has 1 aromatic heterocycles. The van der Waals surface area contributed by atoms with Crippen molar-refractivity contribution in [2.45, 2.75) is 37.5 Å². The van der Waals surface area contributed by atoms with Crippen molar-refractivity contribution in [2.75, 3.05) is 49.1 Å². The molecule has 7 heteroatoms. The maximum Gasteiger partial charge on any atom is 0.233 e. The van der Waals surface area contributed by atoms with Gasteiger partial charge in [0.2, 0.25) is 11.9 Å². The van der Waals surface area contributed by atoms with Gasteiger partial charge >= 0.3 is 0 Å². The zero-order chi connectivity index (χ0) is 20.6. The van der Waals surface area contributed by atoms with Gasteiger partial charge in [0.15, 0.2) is 0 Å². The molecule has 0 N–H and O–H groups in total. The summed E-state index contributed by atoms with van der Waals surface area (Å²) in [5.41, 5.74) is 0.505. The number of piperazine rings is 1. The number of carbonyl (C=O) groups excluding carboxylic acids is 1. The molecule has 1 saturated carbocycles. The lowest BCUT2D eigenvalue weighted by Crippen LogP contribution is -2.51. The first kappa shape index (κ1) is 19.3. The number of piperidine rings is 1. The fourth-order valence-electron chi connectivity index (χ4n) is 4.72. The van der Waals surface area contributed by atoms with Crippen molar-refractivity contribution in [1.82, 2.24) is 14.9 Å². The molecule has 5 rings (SSSR count). The smallest absolute Gasteiger partial charge is 0.233 e. The molecule has 1 aliphatic carbocycles. The molecule has 3 aliphatic rings. The first-order valence-corrected chi connectivity index (χ1v) is 11.0. The molecule has 0 spiro atoms. The molecule has 0 atom stereocenters. The number of carbonyl (C=O) groups is 1. The normalized spacial score (nSPS) is 20.9. The van der Waals surface area contributed by atoms with Crippen LogP contribution in [0.5, 0.6) is 0 Å². The van der Waals surface area contributed by atoms with Crippen LogP contribution in [0.2, 0.25) is 0 Å². The van der Waals surface area contributed by atoms with Gasteiger partial charge in [0.25, 0.3) is 0 Å². The zero-order valence-electron chi connectivity index (χ0n) is 17.3. The Morgan fingerprint density at radius 2 is 1.57 bits per heavy atom. The highest BCUT2D eigenvalue weighted by atomic mass is 19.1. The third-order valence-corrected chi connectivity index (χ3v) is 6.71. The lowest BCUT2D eigenvalue weighted by atomic mass is 9.94. The second-order valence-electron chi connectivity index (χ2n) is 8.63. The summed E-state index contributed by atoms with van der Waals surface area (Å²) in [6.07, 6.45) is 7.23. The number of anilines is 2. The molecule has 2 aromatic rings. The van der Waals surface area contributed by atoms with E-state index < -0.39 is 5.41 Å². The molecule has 6 nitrogen and oxygen atoms in total. The molecular weight excluding hydrogens is 381 g/mol. The molecule has 2 aliphatic heterocycles. The summed E-state index contributed by atoms with van der Waals surface area (Å²) in [7, 11) is 0. The first-order valence-electron chi connectivity index (χ1n) is 11.0. The summed E-state index contributed by atoms with van der Waals surface area (Å²) in [5.74, 6) is 1.69. The van der Waals surface area contributed by atoms with E-state index in [0.29, 0.717) is 13.1 Å². The lowest BCUT2D eigenvalue weighted by molar-refractivity contribution is -0.134. The summed E-state index contributed by atoms with van der Waals surface area (Å²) < 4.78 is 13.3. The Hall–Kier alpha value is -2.70. The minimum atomic E-state index is -0.438. The topological polar surface area (TPSA) is 52.6 Å². The highest BCUT2D eigenvalue weighted by Crippen LogP contribution is 2.49. The van der Waals surface area contributed by atoms with Crippen molar-refractivity contribution in [2.24, 2.45) is 0 Å². The van der Waals surface area contributed by atoms with Crippen molar-refractivity contribution in [3.63, 3.8) is 0 Å². The predicted octanol–water partition coefficient (Wildman–Crippen LogP) is 2.99. The summed E-state index contributed by atoms with van der Waals surface area (Å²) in [6.45, 7) is 4.95. The number of hydrogen-bond acceptors (Lipinski definition) is 5. The van der Waals surface area contributed by atoms with E-state index >= 15 is 0 Å². The van der Waals surface area contributed by atoms with Gasteiger partial charge in [0, 0.05) is 45.5 Å². The van der Waals surface area contributed by atoms with Gasteiger partial charge in [-0.1, -0.05) is 12.1 Å². The number of amides is 1. The van der Waals surface area contributed by atoms with Crippen LogP contribution in [-0.4, -0.2) is 60.0 Å². The quantitative estimate of drug-likeness (QED) is 0.777. The second kappa shape index (κ2) is 7.85. The molecule has 30 heavy (non-hydrogen) atoms. The highest BCUT2D eigenvalue weighted by Gasteiger charge is 2.53. The number of aromatic nitrogens is 2. The summed E-state index contributed by atoms with van der Waals surface area (Å²) >= 11 is 0. The zero-order valence-corrected chi connectivity index (χ0v) is 17.3. The third-order valence-electron chi connectivity index (χ3n) is 6.71. The van der Waals surface area contributed by atoms with Crippen molar-refractivity contribution < 1.29 is 9.18 Å². The molecule has 2 saturated heterocycles. The van der Waals surface area contributed by atoms with E-state index in [2.05, 4.69) is 14.8 Å². The number of hydrogen-bond donors (Lipinski definition) is 0. The van der Waals surface area contributed by atoms with Gasteiger partial charge in [-0.3, -0.25) is 4.79 Å². The molecule has 3 fully saturated rings. The van der Waals surface area contributed by atoms with Gasteiger partial charge in [-0.25, -0.2) is 9.37 Å². The Labute approximate surface area is 176 Å². The average molecular weight is 410 g/mol. The number of rotatable bonds is 4. The van der Waals surface area contributed by atoms with E-state index in [9.17, 15) is 9.18 Å². The molecule has 0 radical (unpaired) electrons. The van der Waals surface area contributed by atoms with Crippen LogP contribution in [0, 0.1) is 5.82 Å². The molecule has 158 valence electrons. The number of nitrogens with zero attached hydrogens (tertiary/aromatic N) is 5. The van der Waals surface area contributed by atoms with E-state index in [-0.39, 0.29) is 11.7 Å². The van der Waals surface area contributed by atoms with Crippen molar-refractivity contribution >= 4 is 17.7 Å². The molecule has 0 unspecified atom stereocenters. The Kier molecular flexibility index (Phi) is 5.05. The van der Waals surface area contributed by atoms with E-state index in [4.69, 9.17) is 4.98 Å². The van der Waals surface area contributed by atoms with Gasteiger partial charge < -0.3 is 14.7 Å². The van der Waals surface area contributed by atoms with Gasteiger partial charge in [0.1, 0.15) is 11.6 Å². The summed E-state index contributed by atoms with van der Waals surface area (Å²) in [4.78, 5) is 29.0. The van der Waals surface area contributed by atoms with E-state index in [1.165, 1.54) is 31.4 Å². The van der Waals surface area contributed by atoms with Crippen LogP contribution in [-0.2, 0) is 10.2 Å². The Bertz CT molecular complexity index is 900. The fraction of sp³-hybridized carbons (Fsp3) is 0.522. The standard InChI is InChI=1S/C23H28FN5O/c24-19-6-4-18(5-7-19)23(9-10-23)21(30)28-16-14-27(15-17-28)20-8-11-25-22(26-20)29-12-2-1-3-13-29/h4-8,11H,1-3,9-10,12-17H2. The van der Waals surface area contributed by atoms with Crippen LogP contribution in [0.15, 0.2) is 36.5 Å². The fourth-order valence-corrected chi connectivity index (χ4v) is 4.72. The first-order chi connectivity index (χ1) is 14.7. The maximum atomic E-state index is 13.3. The maximum absolute atomic E-state index is 13.3. The van der Waals surface area contributed by atoms with Gasteiger partial charge in [-0.05, 0) is 55.9 Å². The van der Waals surface area contributed by atoms with E-state index in [1.807, 2.05) is 17.2 Å². The average Bonchev–Trinajstić information content (AvgIpc) is 3.62. The summed E-state index contributed by atoms with van der Waals surface area (Å²) in [6, 6.07) is 8.40. The molecular formula is C23H28FN5O. The lowest BCUT2D eigenvalue weighted by Gasteiger charge is -2.37. The number of halogens is 1. The highest BCUT2D eigenvalue weighted by molar-refractivity contribution is 5.91. The van der Waals surface area contributed by atoms with Crippen LogP contribution in [0.1, 0.15) is 37.7 Å². The Morgan fingerprint density at radius 1 is 0.867 bits per heavy atom. The largest absolute Gasteiger partial charge is 0.353 e. The molecule has 0 bridgehead atoms. The Morgan fingerprint density at radius 3 is 2.23 bits per heavy atom. The Balaban J connectivity index is 1.23. The van der Waals surface area contributed by atoms with Crippen LogP contribution in [0.25, 0.3) is 0 Å². The SMILES string of the molecule is O=C(N1CCN(c2ccnc(N3CCCCC3)n2)CC1)C1(c2ccc(F)cc2)CC1. The van der Waals surface area contributed by atoms with Crippen molar-refractivity contribution in [1.29, 1.82) is 0 Å². The molecule has 1 aromatic carbocycles. The van der Waals surface area contributed by atoms with Crippen molar-refractivity contribution in [3.8, 4) is 0 Å². The van der Waals surface area contributed by atoms with Gasteiger partial charge in [0.05, 0.1) is 5.41 Å². The monoisotopic (exact) mass is 409 g/mol. The van der Waals surface area contributed by atoms with Crippen LogP contribution in [0.4, 0.5) is 16.2 Å². The minimum absolute atomic E-state index is 0.186. The minimum Gasteiger partial charge on any atom is -0.353 e. The van der Waals surface area contributed by atoms with Crippen molar-refractivity contribution in [3.05, 3.63) is 47.9 Å². The van der Waals surface area contributed by atoms with Gasteiger partial charge in [-0.2, -0.15) is 4.98 Å². The van der Waals surface area contributed by atoms with Crippen LogP contribution < -0.4 is 9.80 Å². The van der Waals surface area contributed by atoms with Crippen LogP contribution in [0.3, 0.4) is 0 Å². The van der Waals surface area contributed by atoms with Crippen LogP contribution >= 0.6 is 0 Å². The summed E-state index contributed by atoms with van der Waals surface area (Å²) in [5, 5.41) is 0. The van der Waals surface area contributed by atoms with E-state index in [1.54, 1.807) is 12.1 Å². The second-order valence-corrected chi connectivity index (χ2v) is 8.63. The predicted molar refractivity (Wildman–Crippen MR) is 114 cm³/mol. The van der Waals surface area contributed by atoms with E-state index in [0.717, 1.165) is 56.4 Å².